The number of hydrogen-bond acceptors (Lipinski definition) is 3. The topological polar surface area (TPSA) is 75.4 Å². The summed E-state index contributed by atoms with van der Waals surface area (Å²) in [5.74, 6) is -1.00. The summed E-state index contributed by atoms with van der Waals surface area (Å²) in [5.41, 5.74) is 5.37. The second kappa shape index (κ2) is 8.65. The lowest BCUT2D eigenvalue weighted by Gasteiger charge is -2.36. The van der Waals surface area contributed by atoms with E-state index in [2.05, 4.69) is 5.32 Å². The molecular formula is C21H22F3N3O2. The molecule has 1 saturated heterocycles. The summed E-state index contributed by atoms with van der Waals surface area (Å²) in [6.45, 7) is 0.979. The third-order valence-electron chi connectivity index (χ3n) is 5.12. The monoisotopic (exact) mass is 405 g/mol. The highest BCUT2D eigenvalue weighted by Crippen LogP contribution is 2.32. The molecule has 2 aromatic carbocycles. The van der Waals surface area contributed by atoms with E-state index in [1.807, 2.05) is 11.0 Å². The maximum absolute atomic E-state index is 13.1. The van der Waals surface area contributed by atoms with Gasteiger partial charge >= 0.3 is 6.18 Å². The minimum atomic E-state index is -4.49. The number of hydrogen-bond donors (Lipinski definition) is 2. The van der Waals surface area contributed by atoms with Crippen molar-refractivity contribution in [2.45, 2.75) is 25.1 Å². The number of carbonyl (C=O) groups is 2. The van der Waals surface area contributed by atoms with Crippen molar-refractivity contribution in [2.75, 3.05) is 18.4 Å². The smallest absolute Gasteiger partial charge is 0.369 e. The van der Waals surface area contributed by atoms with Crippen LogP contribution < -0.4 is 11.1 Å². The fourth-order valence-electron chi connectivity index (χ4n) is 3.59. The maximum Gasteiger partial charge on any atom is 0.416 e. The first-order valence-electron chi connectivity index (χ1n) is 9.32. The Balaban J connectivity index is 1.82. The number of carbonyl (C=O) groups excluding carboxylic acids is 2. The number of primary amides is 1. The number of amides is 2. The van der Waals surface area contributed by atoms with E-state index in [0.29, 0.717) is 25.9 Å². The third kappa shape index (κ3) is 5.14. The molecule has 5 nitrogen and oxygen atoms in total. The van der Waals surface area contributed by atoms with Gasteiger partial charge in [0, 0.05) is 11.6 Å². The number of anilines is 1. The van der Waals surface area contributed by atoms with E-state index in [0.717, 1.165) is 17.7 Å². The number of nitrogens with two attached hydrogens (primary N) is 1. The van der Waals surface area contributed by atoms with Gasteiger partial charge in [0.15, 0.2) is 0 Å². The Labute approximate surface area is 166 Å². The molecule has 0 spiro atoms. The third-order valence-corrected chi connectivity index (χ3v) is 5.12. The van der Waals surface area contributed by atoms with Gasteiger partial charge in [-0.1, -0.05) is 36.4 Å². The SMILES string of the molecule is NC(=O)C1CCN([C@@H](C(=O)Nc2cccc(C(F)(F)F)c2)c2ccccc2)CC1. The Morgan fingerprint density at radius 1 is 1.03 bits per heavy atom. The molecule has 2 aromatic rings. The molecule has 1 heterocycles. The molecule has 0 radical (unpaired) electrons. The van der Waals surface area contributed by atoms with Gasteiger partial charge in [-0.3, -0.25) is 14.5 Å². The second-order valence-electron chi connectivity index (χ2n) is 7.09. The van der Waals surface area contributed by atoms with Gasteiger partial charge in [0.05, 0.1) is 5.56 Å². The Hall–Kier alpha value is -2.87. The molecule has 29 heavy (non-hydrogen) atoms. The van der Waals surface area contributed by atoms with Crippen LogP contribution in [0.1, 0.15) is 30.0 Å². The van der Waals surface area contributed by atoms with E-state index in [9.17, 15) is 22.8 Å². The number of likely N-dealkylation sites (tertiary alicyclic amines) is 1. The minimum Gasteiger partial charge on any atom is -0.369 e. The Bertz CT molecular complexity index is 863. The van der Waals surface area contributed by atoms with Crippen LogP contribution in [0.15, 0.2) is 54.6 Å². The largest absolute Gasteiger partial charge is 0.416 e. The van der Waals surface area contributed by atoms with Crippen LogP contribution in [0, 0.1) is 5.92 Å². The zero-order valence-electron chi connectivity index (χ0n) is 15.7. The van der Waals surface area contributed by atoms with Crippen molar-refractivity contribution in [3.8, 4) is 0 Å². The molecule has 2 amide bonds. The van der Waals surface area contributed by atoms with E-state index in [4.69, 9.17) is 5.73 Å². The molecule has 3 rings (SSSR count). The van der Waals surface area contributed by atoms with Crippen LogP contribution in [-0.2, 0) is 15.8 Å². The summed E-state index contributed by atoms with van der Waals surface area (Å²) in [4.78, 5) is 26.4. The zero-order valence-corrected chi connectivity index (χ0v) is 15.7. The zero-order chi connectivity index (χ0) is 21.0. The standard InChI is InChI=1S/C21H22F3N3O2/c22-21(23,24)16-7-4-8-17(13-16)26-20(29)18(14-5-2-1-3-6-14)27-11-9-15(10-12-27)19(25)28/h1-8,13,15,18H,9-12H2,(H2,25,28)(H,26,29)/t18-/m1/s1. The Morgan fingerprint density at radius 3 is 2.28 bits per heavy atom. The van der Waals surface area contributed by atoms with E-state index < -0.39 is 23.7 Å². The Morgan fingerprint density at radius 2 is 1.69 bits per heavy atom. The highest BCUT2D eigenvalue weighted by molar-refractivity contribution is 5.95. The summed E-state index contributed by atoms with van der Waals surface area (Å²) in [6, 6.07) is 12.9. The molecule has 0 aromatic heterocycles. The van der Waals surface area contributed by atoms with Gasteiger partial charge in [-0.25, -0.2) is 0 Å². The van der Waals surface area contributed by atoms with Gasteiger partial charge < -0.3 is 11.1 Å². The fourth-order valence-corrected chi connectivity index (χ4v) is 3.59. The number of alkyl halides is 3. The second-order valence-corrected chi connectivity index (χ2v) is 7.09. The lowest BCUT2D eigenvalue weighted by molar-refractivity contribution is -0.137. The van der Waals surface area contributed by atoms with Crippen molar-refractivity contribution in [3.05, 3.63) is 65.7 Å². The van der Waals surface area contributed by atoms with Gasteiger partial charge in [-0.2, -0.15) is 13.2 Å². The van der Waals surface area contributed by atoms with Crippen LogP contribution in [0.2, 0.25) is 0 Å². The summed E-state index contributed by atoms with van der Waals surface area (Å²) in [6.07, 6.45) is -3.42. The lowest BCUT2D eigenvalue weighted by atomic mass is 9.93. The summed E-state index contributed by atoms with van der Waals surface area (Å²) in [7, 11) is 0. The van der Waals surface area contributed by atoms with Crippen LogP contribution in [0.25, 0.3) is 0 Å². The molecule has 1 fully saturated rings. The Kier molecular flexibility index (Phi) is 6.22. The molecule has 3 N–H and O–H groups in total. The maximum atomic E-state index is 13.1. The van der Waals surface area contributed by atoms with E-state index in [1.165, 1.54) is 12.1 Å². The first kappa shape index (κ1) is 20.9. The van der Waals surface area contributed by atoms with Crippen molar-refractivity contribution in [1.82, 2.24) is 4.90 Å². The highest BCUT2D eigenvalue weighted by Gasteiger charge is 2.33. The summed E-state index contributed by atoms with van der Waals surface area (Å²) >= 11 is 0. The van der Waals surface area contributed by atoms with Crippen molar-refractivity contribution >= 4 is 17.5 Å². The fraction of sp³-hybridized carbons (Fsp3) is 0.333. The number of nitrogens with one attached hydrogen (secondary N) is 1. The molecule has 8 heteroatoms. The van der Waals surface area contributed by atoms with Crippen LogP contribution in [-0.4, -0.2) is 29.8 Å². The predicted molar refractivity (Wildman–Crippen MR) is 103 cm³/mol. The van der Waals surface area contributed by atoms with Crippen molar-refractivity contribution in [3.63, 3.8) is 0 Å². The average Bonchev–Trinajstić information content (AvgIpc) is 2.69. The van der Waals surface area contributed by atoms with E-state index >= 15 is 0 Å². The van der Waals surface area contributed by atoms with Crippen molar-refractivity contribution in [2.24, 2.45) is 11.7 Å². The summed E-state index contributed by atoms with van der Waals surface area (Å²) < 4.78 is 38.9. The quantitative estimate of drug-likeness (QED) is 0.798. The molecule has 0 saturated carbocycles. The predicted octanol–water partition coefficient (Wildman–Crippen LogP) is 3.58. The first-order valence-corrected chi connectivity index (χ1v) is 9.32. The molecular weight excluding hydrogens is 383 g/mol. The van der Waals surface area contributed by atoms with Crippen molar-refractivity contribution in [1.29, 1.82) is 0 Å². The molecule has 154 valence electrons. The van der Waals surface area contributed by atoms with Gasteiger partial charge in [0.1, 0.15) is 6.04 Å². The molecule has 1 aliphatic rings. The number of piperidine rings is 1. The molecule has 0 unspecified atom stereocenters. The van der Waals surface area contributed by atoms with Gasteiger partial charge in [0.25, 0.3) is 0 Å². The van der Waals surface area contributed by atoms with Gasteiger partial charge in [-0.15, -0.1) is 0 Å². The number of benzene rings is 2. The average molecular weight is 405 g/mol. The molecule has 0 aliphatic carbocycles. The normalized spacial score (nSPS) is 16.9. The van der Waals surface area contributed by atoms with Crippen LogP contribution >= 0.6 is 0 Å². The van der Waals surface area contributed by atoms with Crippen LogP contribution in [0.5, 0.6) is 0 Å². The van der Waals surface area contributed by atoms with Crippen molar-refractivity contribution < 1.29 is 22.8 Å². The molecule has 1 atom stereocenters. The minimum absolute atomic E-state index is 0.0813. The van der Waals surface area contributed by atoms with Crippen LogP contribution in [0.3, 0.4) is 0 Å². The van der Waals surface area contributed by atoms with Gasteiger partial charge in [-0.05, 0) is 49.7 Å². The lowest BCUT2D eigenvalue weighted by Crippen LogP contribution is -2.44. The van der Waals surface area contributed by atoms with Crippen LogP contribution in [0.4, 0.5) is 18.9 Å². The number of rotatable bonds is 5. The van der Waals surface area contributed by atoms with E-state index in [1.54, 1.807) is 24.3 Å². The highest BCUT2D eigenvalue weighted by atomic mass is 19.4. The first-order chi connectivity index (χ1) is 13.8. The molecule has 1 aliphatic heterocycles. The molecule has 0 bridgehead atoms. The number of nitrogens with zero attached hydrogens (tertiary/aromatic N) is 1. The summed E-state index contributed by atoms with van der Waals surface area (Å²) in [5, 5.41) is 2.61. The number of halogens is 3. The van der Waals surface area contributed by atoms with Gasteiger partial charge in [0.2, 0.25) is 11.8 Å². The van der Waals surface area contributed by atoms with E-state index in [-0.39, 0.29) is 17.5 Å².